The fraction of sp³-hybridized carbons (Fsp3) is 0.208. The van der Waals surface area contributed by atoms with Crippen molar-refractivity contribution in [1.82, 2.24) is 14.8 Å². The van der Waals surface area contributed by atoms with Gasteiger partial charge in [-0.05, 0) is 53.9 Å². The molecule has 4 rings (SSSR count). The van der Waals surface area contributed by atoms with Crippen LogP contribution in [0.2, 0.25) is 0 Å². The van der Waals surface area contributed by atoms with Gasteiger partial charge in [0.25, 0.3) is 11.8 Å². The number of benzene rings is 2. The molecule has 1 aliphatic heterocycles. The first-order valence-corrected chi connectivity index (χ1v) is 10.1. The summed E-state index contributed by atoms with van der Waals surface area (Å²) in [4.78, 5) is 32.8. The molecule has 0 bridgehead atoms. The molecule has 0 saturated carbocycles. The normalized spacial score (nSPS) is 14.3. The number of halogens is 2. The molecule has 0 unspecified atom stereocenters. The van der Waals surface area contributed by atoms with Crippen LogP contribution >= 0.6 is 0 Å². The van der Waals surface area contributed by atoms with Crippen LogP contribution in [0, 0.1) is 11.6 Å². The number of hydrogen-bond donors (Lipinski definition) is 0. The molecule has 31 heavy (non-hydrogen) atoms. The highest BCUT2D eigenvalue weighted by Gasteiger charge is 2.25. The number of nitrogens with zero attached hydrogens (tertiary/aromatic N) is 3. The van der Waals surface area contributed by atoms with Gasteiger partial charge in [-0.3, -0.25) is 14.6 Å². The van der Waals surface area contributed by atoms with E-state index in [0.29, 0.717) is 37.7 Å². The summed E-state index contributed by atoms with van der Waals surface area (Å²) in [6, 6.07) is 14.1. The van der Waals surface area contributed by atoms with E-state index in [4.69, 9.17) is 0 Å². The summed E-state index contributed by atoms with van der Waals surface area (Å²) < 4.78 is 27.1. The Labute approximate surface area is 178 Å². The van der Waals surface area contributed by atoms with Crippen molar-refractivity contribution in [3.63, 3.8) is 0 Å². The van der Waals surface area contributed by atoms with E-state index in [0.717, 1.165) is 23.3 Å². The molecule has 1 aliphatic rings. The van der Waals surface area contributed by atoms with E-state index >= 15 is 0 Å². The van der Waals surface area contributed by atoms with Crippen LogP contribution in [0.5, 0.6) is 0 Å². The second-order valence-electron chi connectivity index (χ2n) is 7.38. The average Bonchev–Trinajstić information content (AvgIpc) is 3.05. The predicted molar refractivity (Wildman–Crippen MR) is 112 cm³/mol. The van der Waals surface area contributed by atoms with Crippen LogP contribution < -0.4 is 0 Å². The summed E-state index contributed by atoms with van der Waals surface area (Å²) >= 11 is 0. The van der Waals surface area contributed by atoms with Crippen molar-refractivity contribution in [2.75, 3.05) is 26.2 Å². The first-order chi connectivity index (χ1) is 15.0. The third-order valence-electron chi connectivity index (χ3n) is 5.38. The molecule has 0 spiro atoms. The lowest BCUT2D eigenvalue weighted by atomic mass is 10.0. The third kappa shape index (κ3) is 4.60. The fourth-order valence-electron chi connectivity index (χ4n) is 3.69. The summed E-state index contributed by atoms with van der Waals surface area (Å²) in [5.41, 5.74) is 2.42. The number of pyridine rings is 1. The maximum absolute atomic E-state index is 14.0. The van der Waals surface area contributed by atoms with Crippen LogP contribution in [0.15, 0.2) is 67.0 Å². The third-order valence-corrected chi connectivity index (χ3v) is 5.38. The molecule has 2 aromatic carbocycles. The molecule has 7 heteroatoms. The molecule has 0 atom stereocenters. The Hall–Kier alpha value is -3.61. The minimum Gasteiger partial charge on any atom is -0.337 e. The lowest BCUT2D eigenvalue weighted by Crippen LogP contribution is -2.37. The van der Waals surface area contributed by atoms with Gasteiger partial charge in [0.2, 0.25) is 0 Å². The quantitative estimate of drug-likeness (QED) is 0.642. The van der Waals surface area contributed by atoms with Gasteiger partial charge in [-0.25, -0.2) is 8.78 Å². The van der Waals surface area contributed by atoms with Crippen molar-refractivity contribution < 1.29 is 18.4 Å². The molecule has 1 aromatic heterocycles. The Morgan fingerprint density at radius 1 is 0.742 bits per heavy atom. The Bertz CT molecular complexity index is 1090. The summed E-state index contributed by atoms with van der Waals surface area (Å²) in [6.07, 6.45) is 4.02. The number of carbonyl (C=O) groups is 2. The highest BCUT2D eigenvalue weighted by atomic mass is 19.1. The van der Waals surface area contributed by atoms with Crippen LogP contribution in [0.3, 0.4) is 0 Å². The largest absolute Gasteiger partial charge is 0.337 e. The van der Waals surface area contributed by atoms with Crippen LogP contribution in [-0.2, 0) is 0 Å². The number of amides is 2. The highest BCUT2D eigenvalue weighted by molar-refractivity contribution is 5.96. The maximum atomic E-state index is 14.0. The first kappa shape index (κ1) is 20.7. The summed E-state index contributed by atoms with van der Waals surface area (Å²) in [7, 11) is 0. The van der Waals surface area contributed by atoms with E-state index in [1.807, 2.05) is 24.3 Å². The van der Waals surface area contributed by atoms with Crippen LogP contribution in [0.4, 0.5) is 8.78 Å². The van der Waals surface area contributed by atoms with E-state index in [9.17, 15) is 18.4 Å². The molecule has 158 valence electrons. The van der Waals surface area contributed by atoms with Gasteiger partial charge in [-0.15, -0.1) is 0 Å². The molecule has 0 radical (unpaired) electrons. The number of carbonyl (C=O) groups excluding carboxylic acids is 2. The van der Waals surface area contributed by atoms with Crippen molar-refractivity contribution in [2.45, 2.75) is 6.42 Å². The molecule has 3 aromatic rings. The van der Waals surface area contributed by atoms with Gasteiger partial charge in [0.05, 0.1) is 5.56 Å². The molecule has 2 heterocycles. The minimum atomic E-state index is -0.878. The van der Waals surface area contributed by atoms with E-state index in [1.165, 1.54) is 4.90 Å². The number of aromatic nitrogens is 1. The molecule has 1 saturated heterocycles. The van der Waals surface area contributed by atoms with Gasteiger partial charge in [-0.1, -0.05) is 12.1 Å². The van der Waals surface area contributed by atoms with E-state index in [-0.39, 0.29) is 18.0 Å². The van der Waals surface area contributed by atoms with Gasteiger partial charge in [0, 0.05) is 50.2 Å². The van der Waals surface area contributed by atoms with E-state index in [1.54, 1.807) is 29.4 Å². The van der Waals surface area contributed by atoms with Crippen LogP contribution in [0.25, 0.3) is 11.1 Å². The Balaban J connectivity index is 1.42. The van der Waals surface area contributed by atoms with E-state index < -0.39 is 17.5 Å². The van der Waals surface area contributed by atoms with Crippen molar-refractivity contribution in [2.24, 2.45) is 0 Å². The second kappa shape index (κ2) is 9.04. The van der Waals surface area contributed by atoms with Gasteiger partial charge in [0.1, 0.15) is 11.6 Å². The maximum Gasteiger partial charge on any atom is 0.256 e. The minimum absolute atomic E-state index is 0.108. The van der Waals surface area contributed by atoms with Crippen molar-refractivity contribution >= 4 is 11.8 Å². The van der Waals surface area contributed by atoms with Gasteiger partial charge in [0.15, 0.2) is 0 Å². The molecular weight excluding hydrogens is 400 g/mol. The molecule has 2 amide bonds. The van der Waals surface area contributed by atoms with Crippen LogP contribution in [-0.4, -0.2) is 52.8 Å². The Morgan fingerprint density at radius 2 is 1.35 bits per heavy atom. The SMILES string of the molecule is O=C(c1ccc(-c2ccncc2)cc1)N1CCCN(C(=O)c2ccc(F)cc2F)CC1. The molecular formula is C24H21F2N3O2. The lowest BCUT2D eigenvalue weighted by molar-refractivity contribution is 0.0716. The zero-order chi connectivity index (χ0) is 21.8. The van der Waals surface area contributed by atoms with Gasteiger partial charge >= 0.3 is 0 Å². The Morgan fingerprint density at radius 3 is 2.00 bits per heavy atom. The topological polar surface area (TPSA) is 53.5 Å². The average molecular weight is 421 g/mol. The zero-order valence-electron chi connectivity index (χ0n) is 16.8. The molecule has 0 N–H and O–H groups in total. The predicted octanol–water partition coefficient (Wildman–Crippen LogP) is 4.02. The Kier molecular flexibility index (Phi) is 6.02. The number of rotatable bonds is 3. The molecule has 5 nitrogen and oxygen atoms in total. The van der Waals surface area contributed by atoms with Crippen molar-refractivity contribution in [1.29, 1.82) is 0 Å². The molecule has 0 aliphatic carbocycles. The van der Waals surface area contributed by atoms with Crippen LogP contribution in [0.1, 0.15) is 27.1 Å². The number of hydrogen-bond acceptors (Lipinski definition) is 3. The first-order valence-electron chi connectivity index (χ1n) is 10.1. The van der Waals surface area contributed by atoms with Gasteiger partial charge < -0.3 is 9.80 Å². The summed E-state index contributed by atoms with van der Waals surface area (Å²) in [5.74, 6) is -2.20. The monoisotopic (exact) mass is 421 g/mol. The highest BCUT2D eigenvalue weighted by Crippen LogP contribution is 2.20. The summed E-state index contributed by atoms with van der Waals surface area (Å²) in [5, 5.41) is 0. The summed E-state index contributed by atoms with van der Waals surface area (Å²) in [6.45, 7) is 1.54. The molecule has 1 fully saturated rings. The smallest absolute Gasteiger partial charge is 0.256 e. The van der Waals surface area contributed by atoms with Crippen molar-refractivity contribution in [3.8, 4) is 11.1 Å². The lowest BCUT2D eigenvalue weighted by Gasteiger charge is -2.22. The fourth-order valence-corrected chi connectivity index (χ4v) is 3.69. The standard InChI is InChI=1S/C24H21F2N3O2/c25-20-6-7-21(22(26)16-20)24(31)29-13-1-12-28(14-15-29)23(30)19-4-2-17(3-5-19)18-8-10-27-11-9-18/h2-11,16H,1,12-15H2. The van der Waals surface area contributed by atoms with Gasteiger partial charge in [-0.2, -0.15) is 0 Å². The van der Waals surface area contributed by atoms with E-state index in [2.05, 4.69) is 4.98 Å². The zero-order valence-corrected chi connectivity index (χ0v) is 16.8. The van der Waals surface area contributed by atoms with Crippen molar-refractivity contribution in [3.05, 3.63) is 89.8 Å². The second-order valence-corrected chi connectivity index (χ2v) is 7.38.